The van der Waals surface area contributed by atoms with E-state index in [4.69, 9.17) is 5.73 Å². The number of rotatable bonds is 2. The molecule has 0 spiro atoms. The zero-order valence-electron chi connectivity index (χ0n) is 7.71. The largest absolute Gasteiger partial charge is 0.423 e. The summed E-state index contributed by atoms with van der Waals surface area (Å²) in [5.41, 5.74) is 2.54. The van der Waals surface area contributed by atoms with Crippen LogP contribution in [0.15, 0.2) is 16.6 Å². The maximum atomic E-state index is 12.6. The molecule has 1 aromatic rings. The van der Waals surface area contributed by atoms with Gasteiger partial charge in [0.2, 0.25) is 0 Å². The van der Waals surface area contributed by atoms with E-state index in [0.29, 0.717) is 0 Å². The lowest BCUT2D eigenvalue weighted by Gasteiger charge is -2.12. The minimum atomic E-state index is -4.79. The molecule has 0 amide bonds. The fourth-order valence-electron chi connectivity index (χ4n) is 1.28. The van der Waals surface area contributed by atoms with E-state index >= 15 is 0 Å². The molecule has 8 heteroatoms. The van der Waals surface area contributed by atoms with E-state index in [0.717, 1.165) is 12.1 Å². The van der Waals surface area contributed by atoms with Crippen molar-refractivity contribution >= 4 is 21.6 Å². The Kier molecular flexibility index (Phi) is 3.54. The van der Waals surface area contributed by atoms with Gasteiger partial charge in [-0.05, 0) is 11.6 Å². The van der Waals surface area contributed by atoms with Crippen LogP contribution in [-0.4, -0.2) is 4.92 Å². The third-order valence-electron chi connectivity index (χ3n) is 1.86. The minimum absolute atomic E-state index is 0.188. The molecule has 0 saturated heterocycles. The summed E-state index contributed by atoms with van der Waals surface area (Å²) in [5.74, 6) is 0. The van der Waals surface area contributed by atoms with Gasteiger partial charge in [-0.3, -0.25) is 10.1 Å². The molecule has 2 N–H and O–H groups in total. The van der Waals surface area contributed by atoms with Crippen LogP contribution in [0.3, 0.4) is 0 Å². The minimum Gasteiger partial charge on any atom is -0.326 e. The second-order valence-electron chi connectivity index (χ2n) is 2.92. The number of hydrogen-bond donors (Lipinski definition) is 1. The first-order valence-electron chi connectivity index (χ1n) is 4.01. The van der Waals surface area contributed by atoms with Gasteiger partial charge >= 0.3 is 6.18 Å². The van der Waals surface area contributed by atoms with E-state index in [9.17, 15) is 23.3 Å². The van der Waals surface area contributed by atoms with Crippen LogP contribution < -0.4 is 5.73 Å². The van der Waals surface area contributed by atoms with Gasteiger partial charge in [0.15, 0.2) is 0 Å². The zero-order chi connectivity index (χ0) is 12.5. The topological polar surface area (TPSA) is 69.2 Å². The van der Waals surface area contributed by atoms with Crippen molar-refractivity contribution < 1.29 is 18.1 Å². The average Bonchev–Trinajstić information content (AvgIpc) is 2.14. The fourth-order valence-corrected chi connectivity index (χ4v) is 1.77. The third kappa shape index (κ3) is 2.50. The molecule has 1 aromatic carbocycles. The molecule has 0 fully saturated rings. The molecule has 0 aliphatic rings. The SMILES string of the molecule is NCc1cc(Br)cc([N+](=O)[O-])c1C(F)(F)F. The molecule has 0 aliphatic carbocycles. The van der Waals surface area contributed by atoms with Crippen molar-refractivity contribution in [2.75, 3.05) is 0 Å². The Morgan fingerprint density at radius 3 is 2.38 bits per heavy atom. The molecule has 0 unspecified atom stereocenters. The summed E-state index contributed by atoms with van der Waals surface area (Å²) in [6.07, 6.45) is -4.79. The smallest absolute Gasteiger partial charge is 0.326 e. The van der Waals surface area contributed by atoms with Crippen LogP contribution in [-0.2, 0) is 12.7 Å². The van der Waals surface area contributed by atoms with Gasteiger partial charge < -0.3 is 5.73 Å². The average molecular weight is 299 g/mol. The van der Waals surface area contributed by atoms with Crippen molar-refractivity contribution in [2.24, 2.45) is 5.73 Å². The van der Waals surface area contributed by atoms with E-state index < -0.39 is 28.9 Å². The Bertz CT molecular complexity index is 434. The second-order valence-corrected chi connectivity index (χ2v) is 3.83. The van der Waals surface area contributed by atoms with Gasteiger partial charge in [-0.2, -0.15) is 13.2 Å². The highest BCUT2D eigenvalue weighted by Crippen LogP contribution is 2.40. The molecule has 0 atom stereocenters. The Hall–Kier alpha value is -1.15. The first kappa shape index (κ1) is 12.9. The highest BCUT2D eigenvalue weighted by Gasteiger charge is 2.40. The second kappa shape index (κ2) is 4.38. The molecule has 0 aromatic heterocycles. The summed E-state index contributed by atoms with van der Waals surface area (Å²) >= 11 is 2.90. The lowest BCUT2D eigenvalue weighted by atomic mass is 10.1. The van der Waals surface area contributed by atoms with Crippen LogP contribution in [0.25, 0.3) is 0 Å². The molecular weight excluding hydrogens is 293 g/mol. The number of hydrogen-bond acceptors (Lipinski definition) is 3. The van der Waals surface area contributed by atoms with Crippen LogP contribution in [0.1, 0.15) is 11.1 Å². The summed E-state index contributed by atoms with van der Waals surface area (Å²) < 4.78 is 38.0. The Morgan fingerprint density at radius 1 is 1.44 bits per heavy atom. The molecule has 88 valence electrons. The molecule has 0 saturated carbocycles. The van der Waals surface area contributed by atoms with Crippen molar-refractivity contribution in [1.29, 1.82) is 0 Å². The van der Waals surface area contributed by atoms with Gasteiger partial charge in [-0.15, -0.1) is 0 Å². The Labute approximate surface area is 96.5 Å². The van der Waals surface area contributed by atoms with Crippen molar-refractivity contribution in [3.05, 3.63) is 37.8 Å². The van der Waals surface area contributed by atoms with Crippen LogP contribution in [0.2, 0.25) is 0 Å². The van der Waals surface area contributed by atoms with Gasteiger partial charge in [0.05, 0.1) is 4.92 Å². The van der Waals surface area contributed by atoms with E-state index in [-0.39, 0.29) is 10.0 Å². The molecular formula is C8H6BrF3N2O2. The van der Waals surface area contributed by atoms with Crippen molar-refractivity contribution in [3.8, 4) is 0 Å². The predicted molar refractivity (Wildman–Crippen MR) is 53.7 cm³/mol. The summed E-state index contributed by atoms with van der Waals surface area (Å²) in [7, 11) is 0. The van der Waals surface area contributed by atoms with E-state index in [2.05, 4.69) is 15.9 Å². The first-order chi connectivity index (χ1) is 7.27. The summed E-state index contributed by atoms with van der Waals surface area (Å²) in [4.78, 5) is 9.46. The normalized spacial score (nSPS) is 11.6. The molecule has 0 heterocycles. The number of nitro groups is 1. The predicted octanol–water partition coefficient (Wildman–Crippen LogP) is 2.83. The van der Waals surface area contributed by atoms with Gasteiger partial charge in [0.25, 0.3) is 5.69 Å². The highest BCUT2D eigenvalue weighted by molar-refractivity contribution is 9.10. The molecule has 0 radical (unpaired) electrons. The number of nitrogens with two attached hydrogens (primary N) is 1. The first-order valence-corrected chi connectivity index (χ1v) is 4.80. The van der Waals surface area contributed by atoms with Crippen LogP contribution >= 0.6 is 15.9 Å². The molecule has 4 nitrogen and oxygen atoms in total. The van der Waals surface area contributed by atoms with Crippen molar-refractivity contribution in [3.63, 3.8) is 0 Å². The van der Waals surface area contributed by atoms with Gasteiger partial charge in [-0.1, -0.05) is 15.9 Å². The monoisotopic (exact) mass is 298 g/mol. The Balaban J connectivity index is 3.58. The van der Waals surface area contributed by atoms with E-state index in [1.807, 2.05) is 0 Å². The molecule has 0 bridgehead atoms. The van der Waals surface area contributed by atoms with Gasteiger partial charge in [0, 0.05) is 17.1 Å². The van der Waals surface area contributed by atoms with E-state index in [1.165, 1.54) is 0 Å². The van der Waals surface area contributed by atoms with Gasteiger partial charge in [-0.25, -0.2) is 0 Å². The number of halogens is 4. The van der Waals surface area contributed by atoms with Crippen molar-refractivity contribution in [1.82, 2.24) is 0 Å². The fraction of sp³-hybridized carbons (Fsp3) is 0.250. The van der Waals surface area contributed by atoms with Crippen LogP contribution in [0.4, 0.5) is 18.9 Å². The molecule has 0 aliphatic heterocycles. The third-order valence-corrected chi connectivity index (χ3v) is 2.32. The maximum absolute atomic E-state index is 12.6. The number of nitrogens with zero attached hydrogens (tertiary/aromatic N) is 1. The number of nitro benzene ring substituents is 1. The quantitative estimate of drug-likeness (QED) is 0.674. The van der Waals surface area contributed by atoms with Gasteiger partial charge in [0.1, 0.15) is 5.56 Å². The number of benzene rings is 1. The zero-order valence-corrected chi connectivity index (χ0v) is 9.30. The standard InChI is InChI=1S/C8H6BrF3N2O2/c9-5-1-4(3-13)7(8(10,11)12)6(2-5)14(15)16/h1-2H,3,13H2. The lowest BCUT2D eigenvalue weighted by Crippen LogP contribution is -2.14. The Morgan fingerprint density at radius 2 is 2.00 bits per heavy atom. The molecule has 16 heavy (non-hydrogen) atoms. The highest BCUT2D eigenvalue weighted by atomic mass is 79.9. The maximum Gasteiger partial charge on any atom is 0.423 e. The summed E-state index contributed by atoms with van der Waals surface area (Å²) in [5, 5.41) is 10.5. The summed E-state index contributed by atoms with van der Waals surface area (Å²) in [6, 6.07) is 1.93. The van der Waals surface area contributed by atoms with E-state index in [1.54, 1.807) is 0 Å². The number of alkyl halides is 3. The van der Waals surface area contributed by atoms with Crippen LogP contribution in [0, 0.1) is 10.1 Å². The van der Waals surface area contributed by atoms with Crippen LogP contribution in [0.5, 0.6) is 0 Å². The van der Waals surface area contributed by atoms with Crippen molar-refractivity contribution in [2.45, 2.75) is 12.7 Å². The lowest BCUT2D eigenvalue weighted by molar-refractivity contribution is -0.388. The molecule has 1 rings (SSSR count). The summed E-state index contributed by atoms with van der Waals surface area (Å²) in [6.45, 7) is -0.422.